The first kappa shape index (κ1) is 14.7. The Balaban J connectivity index is 2.71. The van der Waals surface area contributed by atoms with E-state index in [1.807, 2.05) is 25.1 Å². The number of nitrogens with two attached hydrogens (primary N) is 1. The molecule has 0 saturated heterocycles. The Bertz CT molecular complexity index is 365. The van der Waals surface area contributed by atoms with Crippen molar-refractivity contribution in [2.45, 2.75) is 45.8 Å². The van der Waals surface area contributed by atoms with Gasteiger partial charge in [-0.2, -0.15) is 0 Å². The highest BCUT2D eigenvalue weighted by Crippen LogP contribution is 2.27. The summed E-state index contributed by atoms with van der Waals surface area (Å²) in [7, 11) is 0. The summed E-state index contributed by atoms with van der Waals surface area (Å²) in [5.41, 5.74) is 8.26. The standard InChI is InChI=1S/C14H22BrNO/c1-9(2)4-7-13(17)14(16)11-6-5-10(3)8-12(11)15/h5-6,8-9,13-14,17H,4,7,16H2,1-3H3/t13-,14+/m1/s1. The topological polar surface area (TPSA) is 46.2 Å². The molecule has 0 unspecified atom stereocenters. The van der Waals surface area contributed by atoms with Crippen LogP contribution in [-0.4, -0.2) is 11.2 Å². The molecule has 3 N–H and O–H groups in total. The van der Waals surface area contributed by atoms with Crippen molar-refractivity contribution in [3.63, 3.8) is 0 Å². The highest BCUT2D eigenvalue weighted by atomic mass is 79.9. The largest absolute Gasteiger partial charge is 0.391 e. The summed E-state index contributed by atoms with van der Waals surface area (Å²) in [5.74, 6) is 0.596. The average Bonchev–Trinajstić information content (AvgIpc) is 2.25. The minimum absolute atomic E-state index is 0.316. The summed E-state index contributed by atoms with van der Waals surface area (Å²) in [6, 6.07) is 5.73. The lowest BCUT2D eigenvalue weighted by Crippen LogP contribution is -2.26. The molecule has 0 amide bonds. The highest BCUT2D eigenvalue weighted by molar-refractivity contribution is 9.10. The van der Waals surface area contributed by atoms with Crippen molar-refractivity contribution in [3.05, 3.63) is 33.8 Å². The number of hydrogen-bond acceptors (Lipinski definition) is 2. The molecular weight excluding hydrogens is 278 g/mol. The van der Waals surface area contributed by atoms with Crippen molar-refractivity contribution in [2.24, 2.45) is 11.7 Å². The molecule has 0 fully saturated rings. The smallest absolute Gasteiger partial charge is 0.0733 e. The molecule has 0 aliphatic carbocycles. The van der Waals surface area contributed by atoms with E-state index in [0.29, 0.717) is 5.92 Å². The van der Waals surface area contributed by atoms with Gasteiger partial charge in [0.15, 0.2) is 0 Å². The lowest BCUT2D eigenvalue weighted by atomic mass is 9.95. The third-order valence-corrected chi connectivity index (χ3v) is 3.66. The van der Waals surface area contributed by atoms with Crippen LogP contribution in [0.15, 0.2) is 22.7 Å². The van der Waals surface area contributed by atoms with Gasteiger partial charge in [-0.3, -0.25) is 0 Å². The van der Waals surface area contributed by atoms with E-state index in [1.54, 1.807) is 0 Å². The maximum Gasteiger partial charge on any atom is 0.0733 e. The number of aliphatic hydroxyl groups is 1. The van der Waals surface area contributed by atoms with Crippen LogP contribution in [-0.2, 0) is 0 Å². The van der Waals surface area contributed by atoms with Gasteiger partial charge in [-0.05, 0) is 42.9 Å². The maximum absolute atomic E-state index is 10.1. The first-order chi connectivity index (χ1) is 7.91. The van der Waals surface area contributed by atoms with Crippen molar-refractivity contribution in [3.8, 4) is 0 Å². The van der Waals surface area contributed by atoms with Gasteiger partial charge in [0.1, 0.15) is 0 Å². The summed E-state index contributed by atoms with van der Waals surface area (Å²) in [6.45, 7) is 6.34. The molecule has 0 radical (unpaired) electrons. The summed E-state index contributed by atoms with van der Waals surface area (Å²) in [4.78, 5) is 0. The molecule has 0 heterocycles. The number of hydrogen-bond donors (Lipinski definition) is 2. The molecule has 0 aliphatic rings. The molecule has 0 aliphatic heterocycles. The van der Waals surface area contributed by atoms with Gasteiger partial charge in [-0.1, -0.05) is 41.9 Å². The van der Waals surface area contributed by atoms with Crippen LogP contribution in [0.25, 0.3) is 0 Å². The van der Waals surface area contributed by atoms with Crippen LogP contribution in [0.5, 0.6) is 0 Å². The fraction of sp³-hybridized carbons (Fsp3) is 0.571. The van der Waals surface area contributed by atoms with Crippen molar-refractivity contribution < 1.29 is 5.11 Å². The van der Waals surface area contributed by atoms with Gasteiger partial charge >= 0.3 is 0 Å². The number of halogens is 1. The molecule has 2 atom stereocenters. The second-order valence-electron chi connectivity index (χ2n) is 5.09. The second kappa shape index (κ2) is 6.53. The molecule has 0 aromatic heterocycles. The fourth-order valence-corrected chi connectivity index (χ4v) is 2.55. The molecule has 0 bridgehead atoms. The number of rotatable bonds is 5. The lowest BCUT2D eigenvalue weighted by molar-refractivity contribution is 0.128. The summed E-state index contributed by atoms with van der Waals surface area (Å²) >= 11 is 3.50. The molecule has 3 heteroatoms. The molecule has 1 rings (SSSR count). The zero-order chi connectivity index (χ0) is 13.0. The minimum Gasteiger partial charge on any atom is -0.391 e. The third kappa shape index (κ3) is 4.41. The van der Waals surface area contributed by atoms with Gasteiger partial charge in [0.25, 0.3) is 0 Å². The van der Waals surface area contributed by atoms with E-state index in [1.165, 1.54) is 5.56 Å². The number of aliphatic hydroxyl groups excluding tert-OH is 1. The molecule has 96 valence electrons. The van der Waals surface area contributed by atoms with Crippen LogP contribution >= 0.6 is 15.9 Å². The van der Waals surface area contributed by atoms with E-state index < -0.39 is 6.10 Å². The van der Waals surface area contributed by atoms with Gasteiger partial charge in [-0.25, -0.2) is 0 Å². The van der Waals surface area contributed by atoms with Crippen LogP contribution in [0.2, 0.25) is 0 Å². The molecular formula is C14H22BrNO. The van der Waals surface area contributed by atoms with E-state index in [0.717, 1.165) is 22.9 Å². The third-order valence-electron chi connectivity index (χ3n) is 2.97. The van der Waals surface area contributed by atoms with Crippen LogP contribution in [0, 0.1) is 12.8 Å². The van der Waals surface area contributed by atoms with E-state index in [-0.39, 0.29) is 6.04 Å². The Labute approximate surface area is 112 Å². The van der Waals surface area contributed by atoms with Crippen LogP contribution in [0.4, 0.5) is 0 Å². The summed E-state index contributed by atoms with van der Waals surface area (Å²) in [5, 5.41) is 10.1. The summed E-state index contributed by atoms with van der Waals surface area (Å²) < 4.78 is 0.980. The number of aryl methyl sites for hydroxylation is 1. The average molecular weight is 300 g/mol. The Hall–Kier alpha value is -0.380. The highest BCUT2D eigenvalue weighted by Gasteiger charge is 2.19. The maximum atomic E-state index is 10.1. The van der Waals surface area contributed by atoms with Gasteiger partial charge in [-0.15, -0.1) is 0 Å². The van der Waals surface area contributed by atoms with Crippen molar-refractivity contribution in [1.82, 2.24) is 0 Å². The first-order valence-electron chi connectivity index (χ1n) is 6.11. The van der Waals surface area contributed by atoms with Crippen molar-refractivity contribution in [1.29, 1.82) is 0 Å². The predicted molar refractivity (Wildman–Crippen MR) is 75.9 cm³/mol. The molecule has 17 heavy (non-hydrogen) atoms. The fourth-order valence-electron chi connectivity index (χ4n) is 1.79. The van der Waals surface area contributed by atoms with Gasteiger partial charge in [0.2, 0.25) is 0 Å². The Morgan fingerprint density at radius 1 is 1.29 bits per heavy atom. The minimum atomic E-state index is -0.476. The van der Waals surface area contributed by atoms with Gasteiger partial charge in [0, 0.05) is 4.47 Å². The zero-order valence-electron chi connectivity index (χ0n) is 10.8. The van der Waals surface area contributed by atoms with Crippen LogP contribution < -0.4 is 5.73 Å². The molecule has 1 aromatic rings. The quantitative estimate of drug-likeness (QED) is 0.873. The van der Waals surface area contributed by atoms with Crippen molar-refractivity contribution in [2.75, 3.05) is 0 Å². The first-order valence-corrected chi connectivity index (χ1v) is 6.90. The van der Waals surface area contributed by atoms with Crippen LogP contribution in [0.1, 0.15) is 43.9 Å². The van der Waals surface area contributed by atoms with Gasteiger partial charge in [0.05, 0.1) is 12.1 Å². The van der Waals surface area contributed by atoms with Crippen LogP contribution in [0.3, 0.4) is 0 Å². The molecule has 1 aromatic carbocycles. The Morgan fingerprint density at radius 3 is 2.47 bits per heavy atom. The predicted octanol–water partition coefficient (Wildman–Crippen LogP) is 3.55. The molecule has 0 saturated carbocycles. The number of benzene rings is 1. The SMILES string of the molecule is Cc1ccc([C@H](N)[C@H](O)CCC(C)C)c(Br)c1. The summed E-state index contributed by atoms with van der Waals surface area (Å²) in [6.07, 6.45) is 1.27. The lowest BCUT2D eigenvalue weighted by Gasteiger charge is -2.21. The van der Waals surface area contributed by atoms with E-state index >= 15 is 0 Å². The second-order valence-corrected chi connectivity index (χ2v) is 5.94. The monoisotopic (exact) mass is 299 g/mol. The van der Waals surface area contributed by atoms with Crippen molar-refractivity contribution >= 4 is 15.9 Å². The molecule has 2 nitrogen and oxygen atoms in total. The van der Waals surface area contributed by atoms with E-state index in [4.69, 9.17) is 5.73 Å². The van der Waals surface area contributed by atoms with Gasteiger partial charge < -0.3 is 10.8 Å². The van der Waals surface area contributed by atoms with E-state index in [9.17, 15) is 5.11 Å². The molecule has 0 spiro atoms. The zero-order valence-corrected chi connectivity index (χ0v) is 12.4. The Kier molecular flexibility index (Phi) is 5.63. The Morgan fingerprint density at radius 2 is 1.94 bits per heavy atom. The normalized spacial score (nSPS) is 15.0. The van der Waals surface area contributed by atoms with E-state index in [2.05, 4.69) is 29.8 Å².